The van der Waals surface area contributed by atoms with Crippen molar-refractivity contribution in [3.05, 3.63) is 24.3 Å². The molecule has 0 aliphatic rings. The summed E-state index contributed by atoms with van der Waals surface area (Å²) in [5, 5.41) is 7.89. The number of carbonyl (C=O) groups excluding carboxylic acids is 1. The SMILES string of the molecule is C=C(C)C(=O)O.C=C(C)C(N)=O.O=S(=O)(O)O. The van der Waals surface area contributed by atoms with Gasteiger partial charge in [-0.1, -0.05) is 13.2 Å². The van der Waals surface area contributed by atoms with E-state index in [4.69, 9.17) is 28.4 Å². The smallest absolute Gasteiger partial charge is 0.394 e. The minimum absolute atomic E-state index is 0.176. The van der Waals surface area contributed by atoms with E-state index in [2.05, 4.69) is 13.2 Å². The normalized spacial score (nSPS) is 8.71. The van der Waals surface area contributed by atoms with Gasteiger partial charge in [-0.3, -0.25) is 13.9 Å². The van der Waals surface area contributed by atoms with Crippen LogP contribution in [0.4, 0.5) is 0 Å². The summed E-state index contributed by atoms with van der Waals surface area (Å²) < 4.78 is 31.6. The number of aliphatic carboxylic acids is 1. The second-order valence-electron chi connectivity index (χ2n) is 2.68. The lowest BCUT2D eigenvalue weighted by atomic mass is 10.3. The molecule has 0 radical (unpaired) electrons. The molecule has 0 aromatic carbocycles. The second-order valence-corrected chi connectivity index (χ2v) is 3.57. The number of carboxylic acid groups (broad SMARTS) is 1. The van der Waals surface area contributed by atoms with Crippen molar-refractivity contribution < 1.29 is 32.2 Å². The molecule has 0 rings (SSSR count). The van der Waals surface area contributed by atoms with Crippen LogP contribution in [0.15, 0.2) is 24.3 Å². The molecule has 0 aromatic rings. The number of primary amides is 1. The van der Waals surface area contributed by atoms with Crippen LogP contribution in [-0.4, -0.2) is 34.5 Å². The predicted octanol–water partition coefficient (Wildman–Crippen LogP) is 0.0421. The van der Waals surface area contributed by atoms with E-state index >= 15 is 0 Å². The molecule has 100 valence electrons. The summed E-state index contributed by atoms with van der Waals surface area (Å²) in [6.07, 6.45) is 0. The zero-order chi connectivity index (χ0) is 14.8. The van der Waals surface area contributed by atoms with Crippen molar-refractivity contribution in [1.29, 1.82) is 0 Å². The predicted molar refractivity (Wildman–Crippen MR) is 60.6 cm³/mol. The van der Waals surface area contributed by atoms with Crippen molar-refractivity contribution in [1.82, 2.24) is 0 Å². The van der Waals surface area contributed by atoms with E-state index in [1.165, 1.54) is 6.92 Å². The van der Waals surface area contributed by atoms with Crippen molar-refractivity contribution >= 4 is 22.3 Å². The molecule has 0 aromatic heterocycles. The Labute approximate surface area is 99.0 Å². The average molecular weight is 269 g/mol. The maximum absolute atomic E-state index is 9.82. The average Bonchev–Trinajstić information content (AvgIpc) is 2.01. The maximum atomic E-state index is 9.82. The number of amides is 1. The van der Waals surface area contributed by atoms with E-state index in [0.29, 0.717) is 5.57 Å². The van der Waals surface area contributed by atoms with Crippen molar-refractivity contribution in [2.45, 2.75) is 13.8 Å². The molecule has 0 heterocycles. The van der Waals surface area contributed by atoms with Crippen LogP contribution in [0.25, 0.3) is 0 Å². The summed E-state index contributed by atoms with van der Waals surface area (Å²) in [5.41, 5.74) is 5.27. The number of hydrogen-bond donors (Lipinski definition) is 4. The van der Waals surface area contributed by atoms with E-state index < -0.39 is 22.3 Å². The van der Waals surface area contributed by atoms with Gasteiger partial charge in [0.25, 0.3) is 0 Å². The molecule has 8 nitrogen and oxygen atoms in total. The van der Waals surface area contributed by atoms with Crippen LogP contribution in [0.3, 0.4) is 0 Å². The first-order chi connectivity index (χ1) is 7.29. The van der Waals surface area contributed by atoms with Gasteiger partial charge in [-0.2, -0.15) is 8.42 Å². The fraction of sp³-hybridized carbons (Fsp3) is 0.250. The summed E-state index contributed by atoms with van der Waals surface area (Å²) in [5.74, 6) is -1.37. The number of carboxylic acids is 1. The van der Waals surface area contributed by atoms with E-state index in [0.717, 1.165) is 0 Å². The third-order valence-corrected chi connectivity index (χ3v) is 0.786. The molecule has 0 saturated carbocycles. The minimum Gasteiger partial charge on any atom is -0.478 e. The Morgan fingerprint density at radius 1 is 1.06 bits per heavy atom. The molecule has 0 aliphatic carbocycles. The summed E-state index contributed by atoms with van der Waals surface area (Å²) in [6, 6.07) is 0. The fourth-order valence-corrected chi connectivity index (χ4v) is 0. The summed E-state index contributed by atoms with van der Waals surface area (Å²) >= 11 is 0. The Bertz CT molecular complexity index is 340. The van der Waals surface area contributed by atoms with Gasteiger partial charge in [0.05, 0.1) is 0 Å². The minimum atomic E-state index is -4.67. The van der Waals surface area contributed by atoms with Crippen LogP contribution in [0.2, 0.25) is 0 Å². The zero-order valence-electron chi connectivity index (χ0n) is 9.37. The van der Waals surface area contributed by atoms with Crippen molar-refractivity contribution in [3.63, 3.8) is 0 Å². The molecule has 9 heteroatoms. The van der Waals surface area contributed by atoms with Crippen LogP contribution in [-0.2, 0) is 20.0 Å². The Kier molecular flexibility index (Phi) is 11.6. The van der Waals surface area contributed by atoms with Gasteiger partial charge in [-0.25, -0.2) is 4.79 Å². The van der Waals surface area contributed by atoms with Crippen molar-refractivity contribution in [3.8, 4) is 0 Å². The third-order valence-electron chi connectivity index (χ3n) is 0.786. The van der Waals surface area contributed by atoms with Crippen LogP contribution in [0.1, 0.15) is 13.8 Å². The molecule has 0 atom stereocenters. The molecule has 0 unspecified atom stereocenters. The van der Waals surface area contributed by atoms with E-state index in [1.807, 2.05) is 0 Å². The highest BCUT2D eigenvalue weighted by molar-refractivity contribution is 7.79. The van der Waals surface area contributed by atoms with Gasteiger partial charge in [-0.05, 0) is 13.8 Å². The highest BCUT2D eigenvalue weighted by Crippen LogP contribution is 1.81. The monoisotopic (exact) mass is 269 g/mol. The molecule has 0 fully saturated rings. The Hall–Kier alpha value is -1.71. The first-order valence-corrected chi connectivity index (χ1v) is 5.22. The van der Waals surface area contributed by atoms with Crippen LogP contribution < -0.4 is 5.73 Å². The molecule has 0 spiro atoms. The van der Waals surface area contributed by atoms with Gasteiger partial charge >= 0.3 is 16.4 Å². The molecule has 0 aliphatic heterocycles. The molecular weight excluding hydrogens is 254 g/mol. The lowest BCUT2D eigenvalue weighted by Gasteiger charge is -1.81. The summed E-state index contributed by atoms with van der Waals surface area (Å²) in [7, 11) is -4.67. The second kappa shape index (κ2) is 9.51. The van der Waals surface area contributed by atoms with Crippen molar-refractivity contribution in [2.75, 3.05) is 0 Å². The van der Waals surface area contributed by atoms with E-state index in [1.54, 1.807) is 6.92 Å². The zero-order valence-corrected chi connectivity index (χ0v) is 10.2. The Morgan fingerprint density at radius 3 is 1.18 bits per heavy atom. The number of carbonyl (C=O) groups is 2. The highest BCUT2D eigenvalue weighted by atomic mass is 32.3. The molecule has 17 heavy (non-hydrogen) atoms. The van der Waals surface area contributed by atoms with Gasteiger partial charge < -0.3 is 10.8 Å². The Morgan fingerprint density at radius 2 is 1.18 bits per heavy atom. The number of hydrogen-bond acceptors (Lipinski definition) is 4. The fourth-order valence-electron chi connectivity index (χ4n) is 0. The lowest BCUT2D eigenvalue weighted by Crippen LogP contribution is -2.10. The number of rotatable bonds is 2. The van der Waals surface area contributed by atoms with Gasteiger partial charge in [0, 0.05) is 11.1 Å². The largest absolute Gasteiger partial charge is 0.478 e. The standard InChI is InChI=1S/C4H7NO.C4H6O2.H2O4S/c2*1-3(2)4(5)6;1-5(2,3)4/h1H2,2H3,(H2,5,6);1H2,2H3,(H,5,6);(H2,1,2,3,4). The summed E-state index contributed by atoms with van der Waals surface area (Å²) in [4.78, 5) is 19.4. The first-order valence-electron chi connectivity index (χ1n) is 3.83. The number of nitrogens with two attached hydrogens (primary N) is 1. The summed E-state index contributed by atoms with van der Waals surface area (Å²) in [6.45, 7) is 9.45. The molecule has 1 amide bonds. The topological polar surface area (TPSA) is 155 Å². The van der Waals surface area contributed by atoms with Crippen LogP contribution in [0.5, 0.6) is 0 Å². The van der Waals surface area contributed by atoms with Crippen LogP contribution >= 0.6 is 0 Å². The molecule has 5 N–H and O–H groups in total. The maximum Gasteiger partial charge on any atom is 0.394 e. The Balaban J connectivity index is -0.000000174. The lowest BCUT2D eigenvalue weighted by molar-refractivity contribution is -0.132. The van der Waals surface area contributed by atoms with Crippen LogP contribution in [0, 0.1) is 0 Å². The van der Waals surface area contributed by atoms with E-state index in [9.17, 15) is 9.59 Å². The third kappa shape index (κ3) is 54.6. The van der Waals surface area contributed by atoms with Gasteiger partial charge in [0.15, 0.2) is 0 Å². The van der Waals surface area contributed by atoms with Gasteiger partial charge in [0.1, 0.15) is 0 Å². The van der Waals surface area contributed by atoms with Crippen molar-refractivity contribution in [2.24, 2.45) is 5.73 Å². The molecule has 0 saturated heterocycles. The quantitative estimate of drug-likeness (QED) is 0.407. The van der Waals surface area contributed by atoms with Gasteiger partial charge in [-0.15, -0.1) is 0 Å². The highest BCUT2D eigenvalue weighted by Gasteiger charge is 1.90. The molecule has 0 bridgehead atoms. The van der Waals surface area contributed by atoms with Gasteiger partial charge in [0.2, 0.25) is 5.91 Å². The molecular formula is C8H15NO7S. The first kappa shape index (κ1) is 20.7. The van der Waals surface area contributed by atoms with E-state index in [-0.39, 0.29) is 5.57 Å².